The second kappa shape index (κ2) is 9.37. The molecule has 5 nitrogen and oxygen atoms in total. The van der Waals surface area contributed by atoms with Crippen LogP contribution in [0, 0.1) is 0 Å². The number of methoxy groups -OCH3 is 1. The average Bonchev–Trinajstić information content (AvgIpc) is 2.61. The lowest BCUT2D eigenvalue weighted by Crippen LogP contribution is -2.15. The number of nitrogens with one attached hydrogen (secondary N) is 1. The van der Waals surface area contributed by atoms with Crippen LogP contribution in [-0.4, -0.2) is 32.8 Å². The number of amides is 1. The fourth-order valence-corrected chi connectivity index (χ4v) is 2.05. The SMILES string of the molecule is C=CCOc1ccccc1NC(=O)c1ccccc1OCCOC. The Kier molecular flexibility index (Phi) is 6.86. The zero-order valence-electron chi connectivity index (χ0n) is 13.7. The molecule has 5 heteroatoms. The van der Waals surface area contributed by atoms with Crippen LogP contribution >= 0.6 is 0 Å². The number of carbonyl (C=O) groups is 1. The van der Waals surface area contributed by atoms with Gasteiger partial charge in [0.2, 0.25) is 0 Å². The molecule has 0 unspecified atom stereocenters. The summed E-state index contributed by atoms with van der Waals surface area (Å²) in [5, 5.41) is 2.86. The molecule has 24 heavy (non-hydrogen) atoms. The Morgan fingerprint density at radius 2 is 1.75 bits per heavy atom. The van der Waals surface area contributed by atoms with E-state index in [2.05, 4.69) is 11.9 Å². The third kappa shape index (κ3) is 4.86. The Labute approximate surface area is 141 Å². The molecule has 2 rings (SSSR count). The first kappa shape index (κ1) is 17.6. The summed E-state index contributed by atoms with van der Waals surface area (Å²) in [6, 6.07) is 14.3. The molecule has 0 saturated heterocycles. The smallest absolute Gasteiger partial charge is 0.259 e. The first-order chi connectivity index (χ1) is 11.8. The lowest BCUT2D eigenvalue weighted by atomic mass is 10.1. The van der Waals surface area contributed by atoms with Gasteiger partial charge >= 0.3 is 0 Å². The van der Waals surface area contributed by atoms with Crippen molar-refractivity contribution in [2.24, 2.45) is 0 Å². The fourth-order valence-electron chi connectivity index (χ4n) is 2.05. The van der Waals surface area contributed by atoms with Gasteiger partial charge in [0.05, 0.1) is 17.9 Å². The monoisotopic (exact) mass is 327 g/mol. The van der Waals surface area contributed by atoms with Crippen LogP contribution in [0.25, 0.3) is 0 Å². The lowest BCUT2D eigenvalue weighted by molar-refractivity contribution is 0.101. The highest BCUT2D eigenvalue weighted by atomic mass is 16.5. The van der Waals surface area contributed by atoms with Crippen LogP contribution in [0.4, 0.5) is 5.69 Å². The van der Waals surface area contributed by atoms with Crippen molar-refractivity contribution in [1.82, 2.24) is 0 Å². The summed E-state index contributed by atoms with van der Waals surface area (Å²) in [5.74, 6) is 0.831. The van der Waals surface area contributed by atoms with Crippen molar-refractivity contribution in [2.45, 2.75) is 0 Å². The van der Waals surface area contributed by atoms with E-state index < -0.39 is 0 Å². The second-order valence-electron chi connectivity index (χ2n) is 4.89. The Bertz CT molecular complexity index is 685. The summed E-state index contributed by atoms with van der Waals surface area (Å²) in [6.07, 6.45) is 1.65. The van der Waals surface area contributed by atoms with Crippen molar-refractivity contribution in [3.8, 4) is 11.5 Å². The van der Waals surface area contributed by atoms with E-state index in [1.807, 2.05) is 18.2 Å². The fraction of sp³-hybridized carbons (Fsp3) is 0.211. The molecular weight excluding hydrogens is 306 g/mol. The van der Waals surface area contributed by atoms with Gasteiger partial charge < -0.3 is 19.5 Å². The zero-order chi connectivity index (χ0) is 17.2. The van der Waals surface area contributed by atoms with Crippen LogP contribution in [0.5, 0.6) is 11.5 Å². The summed E-state index contributed by atoms with van der Waals surface area (Å²) in [6.45, 7) is 4.81. The molecule has 0 aliphatic carbocycles. The molecule has 1 N–H and O–H groups in total. The maximum atomic E-state index is 12.6. The molecular formula is C19H21NO4. The summed E-state index contributed by atoms with van der Waals surface area (Å²) in [4.78, 5) is 12.6. The molecule has 2 aromatic carbocycles. The predicted octanol–water partition coefficient (Wildman–Crippen LogP) is 3.53. The van der Waals surface area contributed by atoms with E-state index >= 15 is 0 Å². The summed E-state index contributed by atoms with van der Waals surface area (Å²) in [5.41, 5.74) is 1.04. The molecule has 0 fully saturated rings. The number of ether oxygens (including phenoxy) is 3. The van der Waals surface area contributed by atoms with Gasteiger partial charge in [0, 0.05) is 7.11 Å². The molecule has 0 aliphatic rings. The summed E-state index contributed by atoms with van der Waals surface area (Å²) in [7, 11) is 1.60. The molecule has 0 heterocycles. The summed E-state index contributed by atoms with van der Waals surface area (Å²) >= 11 is 0. The minimum absolute atomic E-state index is 0.266. The topological polar surface area (TPSA) is 56.8 Å². The van der Waals surface area contributed by atoms with E-state index in [1.165, 1.54) is 0 Å². The van der Waals surface area contributed by atoms with Crippen molar-refractivity contribution >= 4 is 11.6 Å². The number of hydrogen-bond donors (Lipinski definition) is 1. The molecule has 0 aliphatic heterocycles. The first-order valence-corrected chi connectivity index (χ1v) is 7.61. The summed E-state index contributed by atoms with van der Waals surface area (Å²) < 4.78 is 16.1. The third-order valence-electron chi connectivity index (χ3n) is 3.17. The van der Waals surface area contributed by atoms with E-state index in [9.17, 15) is 4.79 Å². The number of anilines is 1. The normalized spacial score (nSPS) is 10.0. The minimum atomic E-state index is -0.266. The molecule has 0 saturated carbocycles. The van der Waals surface area contributed by atoms with Gasteiger partial charge in [-0.3, -0.25) is 4.79 Å². The molecule has 0 spiro atoms. The Morgan fingerprint density at radius 3 is 2.50 bits per heavy atom. The number of hydrogen-bond acceptors (Lipinski definition) is 4. The first-order valence-electron chi connectivity index (χ1n) is 7.61. The highest BCUT2D eigenvalue weighted by Gasteiger charge is 2.14. The highest BCUT2D eigenvalue weighted by Crippen LogP contribution is 2.26. The quantitative estimate of drug-likeness (QED) is 0.565. The van der Waals surface area contributed by atoms with Crippen molar-refractivity contribution in [1.29, 1.82) is 0 Å². The van der Waals surface area contributed by atoms with Crippen LogP contribution in [-0.2, 0) is 4.74 Å². The van der Waals surface area contributed by atoms with Gasteiger partial charge in [-0.05, 0) is 24.3 Å². The molecule has 1 amide bonds. The second-order valence-corrected chi connectivity index (χ2v) is 4.89. The van der Waals surface area contributed by atoms with Crippen LogP contribution < -0.4 is 14.8 Å². The van der Waals surface area contributed by atoms with Crippen molar-refractivity contribution in [3.63, 3.8) is 0 Å². The van der Waals surface area contributed by atoms with E-state index in [0.717, 1.165) is 0 Å². The van der Waals surface area contributed by atoms with Crippen LogP contribution in [0.2, 0.25) is 0 Å². The predicted molar refractivity (Wildman–Crippen MR) is 93.9 cm³/mol. The van der Waals surface area contributed by atoms with Crippen LogP contribution in [0.1, 0.15) is 10.4 Å². The van der Waals surface area contributed by atoms with Gasteiger partial charge in [0.25, 0.3) is 5.91 Å². The van der Waals surface area contributed by atoms with Crippen molar-refractivity contribution < 1.29 is 19.0 Å². The highest BCUT2D eigenvalue weighted by molar-refractivity contribution is 6.06. The standard InChI is InChI=1S/C19H21NO4/c1-3-12-23-18-11-7-5-9-16(18)20-19(21)15-8-4-6-10-17(15)24-14-13-22-2/h3-11H,1,12-14H2,2H3,(H,20,21). The van der Waals surface area contributed by atoms with Gasteiger partial charge in [-0.25, -0.2) is 0 Å². The Hall–Kier alpha value is -2.79. The third-order valence-corrected chi connectivity index (χ3v) is 3.17. The van der Waals surface area contributed by atoms with E-state index in [0.29, 0.717) is 42.6 Å². The number of carbonyl (C=O) groups excluding carboxylic acids is 1. The number of para-hydroxylation sites is 3. The molecule has 2 aromatic rings. The van der Waals surface area contributed by atoms with E-state index in [4.69, 9.17) is 14.2 Å². The van der Waals surface area contributed by atoms with Gasteiger partial charge in [0.15, 0.2) is 0 Å². The Balaban J connectivity index is 2.14. The maximum Gasteiger partial charge on any atom is 0.259 e. The van der Waals surface area contributed by atoms with Crippen molar-refractivity contribution in [3.05, 3.63) is 66.7 Å². The zero-order valence-corrected chi connectivity index (χ0v) is 13.7. The average molecular weight is 327 g/mol. The molecule has 0 aromatic heterocycles. The van der Waals surface area contributed by atoms with Gasteiger partial charge in [0.1, 0.15) is 24.7 Å². The number of rotatable bonds is 9. The van der Waals surface area contributed by atoms with Gasteiger partial charge in [-0.2, -0.15) is 0 Å². The van der Waals surface area contributed by atoms with Crippen LogP contribution in [0.15, 0.2) is 61.2 Å². The largest absolute Gasteiger partial charge is 0.490 e. The maximum absolute atomic E-state index is 12.6. The minimum Gasteiger partial charge on any atom is -0.490 e. The molecule has 126 valence electrons. The molecule has 0 bridgehead atoms. The van der Waals surface area contributed by atoms with E-state index in [-0.39, 0.29) is 5.91 Å². The van der Waals surface area contributed by atoms with Crippen LogP contribution in [0.3, 0.4) is 0 Å². The van der Waals surface area contributed by atoms with Crippen molar-refractivity contribution in [2.75, 3.05) is 32.2 Å². The van der Waals surface area contributed by atoms with Gasteiger partial charge in [-0.15, -0.1) is 0 Å². The molecule has 0 atom stereocenters. The number of benzene rings is 2. The Morgan fingerprint density at radius 1 is 1.04 bits per heavy atom. The molecule has 0 radical (unpaired) electrons. The lowest BCUT2D eigenvalue weighted by Gasteiger charge is -2.13. The van der Waals surface area contributed by atoms with Gasteiger partial charge in [-0.1, -0.05) is 36.9 Å². The van der Waals surface area contributed by atoms with E-state index in [1.54, 1.807) is 43.5 Å².